The normalized spacial score (nSPS) is 10.6. The molecule has 0 aliphatic rings. The smallest absolute Gasteiger partial charge is 0.141 e. The molecule has 0 spiro atoms. The van der Waals surface area contributed by atoms with Crippen LogP contribution < -0.4 is 0 Å². The van der Waals surface area contributed by atoms with Crippen LogP contribution in [-0.2, 0) is 6.54 Å². The Morgan fingerprint density at radius 3 is 3.17 bits per heavy atom. The first kappa shape index (κ1) is 10.5. The number of nitrogens with zero attached hydrogens (tertiary/aromatic N) is 4. The van der Waals surface area contributed by atoms with E-state index in [0.717, 1.165) is 22.3 Å². The number of aromatic nitrogens is 4. The molecule has 18 heavy (non-hydrogen) atoms. The first-order valence-electron chi connectivity index (χ1n) is 5.69. The summed E-state index contributed by atoms with van der Waals surface area (Å²) in [5.41, 5.74) is 2.79. The maximum atomic E-state index is 8.58. The number of hydrogen-bond acceptors (Lipinski definition) is 3. The molecule has 3 aromatic rings. The van der Waals surface area contributed by atoms with E-state index in [1.165, 1.54) is 0 Å². The van der Waals surface area contributed by atoms with Crippen molar-refractivity contribution in [1.82, 2.24) is 19.5 Å². The fourth-order valence-electron chi connectivity index (χ4n) is 2.00. The molecule has 0 radical (unpaired) electrons. The summed E-state index contributed by atoms with van der Waals surface area (Å²) in [6.45, 7) is 0.706. The highest BCUT2D eigenvalue weighted by atomic mass is 14.9. The fourth-order valence-corrected chi connectivity index (χ4v) is 2.00. The third-order valence-corrected chi connectivity index (χ3v) is 2.86. The summed E-state index contributed by atoms with van der Waals surface area (Å²) >= 11 is 0. The van der Waals surface area contributed by atoms with Crippen molar-refractivity contribution in [3.63, 3.8) is 0 Å². The van der Waals surface area contributed by atoms with Crippen LogP contribution in [0.3, 0.4) is 0 Å². The van der Waals surface area contributed by atoms with Gasteiger partial charge in [0.2, 0.25) is 0 Å². The number of H-pyrrole nitrogens is 1. The molecule has 0 aromatic carbocycles. The molecule has 0 bridgehead atoms. The summed E-state index contributed by atoms with van der Waals surface area (Å²) in [4.78, 5) is 11.6. The maximum Gasteiger partial charge on any atom is 0.141 e. The SMILES string of the molecule is N#CCCn1ccc(-c2ncnc3[nH]ccc23)c1. The van der Waals surface area contributed by atoms with Gasteiger partial charge in [0.15, 0.2) is 0 Å². The van der Waals surface area contributed by atoms with E-state index in [1.807, 2.05) is 35.3 Å². The van der Waals surface area contributed by atoms with E-state index < -0.39 is 0 Å². The standard InChI is InChI=1S/C13H11N5/c14-4-1-6-18-7-3-10(8-18)12-11-2-5-15-13(11)17-9-16-12/h2-3,5,7-9H,1,6H2,(H,15,16,17). The molecule has 3 rings (SSSR count). The molecule has 0 aliphatic carbocycles. The van der Waals surface area contributed by atoms with E-state index in [2.05, 4.69) is 21.0 Å². The fraction of sp³-hybridized carbons (Fsp3) is 0.154. The Hall–Kier alpha value is -2.61. The largest absolute Gasteiger partial charge is 0.353 e. The number of nitriles is 1. The van der Waals surface area contributed by atoms with Gasteiger partial charge in [0.25, 0.3) is 0 Å². The minimum absolute atomic E-state index is 0.511. The zero-order valence-electron chi connectivity index (χ0n) is 9.67. The van der Waals surface area contributed by atoms with Gasteiger partial charge in [-0.05, 0) is 12.1 Å². The van der Waals surface area contributed by atoms with Crippen LogP contribution >= 0.6 is 0 Å². The Morgan fingerprint density at radius 2 is 2.28 bits per heavy atom. The third-order valence-electron chi connectivity index (χ3n) is 2.86. The Balaban J connectivity index is 2.02. The Morgan fingerprint density at radius 1 is 1.33 bits per heavy atom. The third kappa shape index (κ3) is 1.74. The second kappa shape index (κ2) is 4.34. The predicted octanol–water partition coefficient (Wildman–Crippen LogP) is 2.34. The molecule has 0 saturated heterocycles. The Labute approximate surface area is 104 Å². The van der Waals surface area contributed by atoms with Crippen molar-refractivity contribution in [1.29, 1.82) is 5.26 Å². The van der Waals surface area contributed by atoms with Gasteiger partial charge in [-0.2, -0.15) is 5.26 Å². The van der Waals surface area contributed by atoms with Crippen LogP contribution in [0, 0.1) is 11.3 Å². The second-order valence-corrected chi connectivity index (χ2v) is 4.01. The number of aryl methyl sites for hydroxylation is 1. The summed E-state index contributed by atoms with van der Waals surface area (Å²) in [6.07, 6.45) is 7.90. The molecule has 3 aromatic heterocycles. The molecular weight excluding hydrogens is 226 g/mol. The van der Waals surface area contributed by atoms with Crippen LogP contribution in [0.1, 0.15) is 6.42 Å². The molecule has 1 N–H and O–H groups in total. The van der Waals surface area contributed by atoms with Gasteiger partial charge < -0.3 is 9.55 Å². The first-order valence-corrected chi connectivity index (χ1v) is 5.69. The molecule has 0 atom stereocenters. The van der Waals surface area contributed by atoms with Crippen molar-refractivity contribution >= 4 is 11.0 Å². The van der Waals surface area contributed by atoms with Gasteiger partial charge in [0.05, 0.1) is 18.2 Å². The highest BCUT2D eigenvalue weighted by molar-refractivity contribution is 5.90. The lowest BCUT2D eigenvalue weighted by Gasteiger charge is -1.99. The van der Waals surface area contributed by atoms with Crippen LogP contribution in [0.15, 0.2) is 37.1 Å². The summed E-state index contributed by atoms with van der Waals surface area (Å²) in [5.74, 6) is 0. The molecule has 3 heterocycles. The molecule has 88 valence electrons. The molecule has 0 fully saturated rings. The summed E-state index contributed by atoms with van der Waals surface area (Å²) in [5, 5.41) is 9.59. The monoisotopic (exact) mass is 237 g/mol. The van der Waals surface area contributed by atoms with Gasteiger partial charge in [-0.25, -0.2) is 9.97 Å². The van der Waals surface area contributed by atoms with Crippen LogP contribution in [0.2, 0.25) is 0 Å². The lowest BCUT2D eigenvalue weighted by atomic mass is 10.2. The highest BCUT2D eigenvalue weighted by Gasteiger charge is 2.08. The van der Waals surface area contributed by atoms with E-state index in [-0.39, 0.29) is 0 Å². The first-order chi connectivity index (χ1) is 8.88. The summed E-state index contributed by atoms with van der Waals surface area (Å²) in [6, 6.07) is 6.11. The van der Waals surface area contributed by atoms with E-state index in [1.54, 1.807) is 6.33 Å². The molecule has 5 heteroatoms. The zero-order valence-corrected chi connectivity index (χ0v) is 9.67. The van der Waals surface area contributed by atoms with Crippen molar-refractivity contribution in [2.24, 2.45) is 0 Å². The number of rotatable bonds is 3. The van der Waals surface area contributed by atoms with Crippen LogP contribution in [-0.4, -0.2) is 19.5 Å². The van der Waals surface area contributed by atoms with Crippen LogP contribution in [0.4, 0.5) is 0 Å². The summed E-state index contributed by atoms with van der Waals surface area (Å²) < 4.78 is 2.00. The average molecular weight is 237 g/mol. The quantitative estimate of drug-likeness (QED) is 0.760. The minimum Gasteiger partial charge on any atom is -0.353 e. The van der Waals surface area contributed by atoms with Gasteiger partial charge in [-0.15, -0.1) is 0 Å². The van der Waals surface area contributed by atoms with Gasteiger partial charge in [-0.1, -0.05) is 0 Å². The minimum atomic E-state index is 0.511. The molecule has 0 aliphatic heterocycles. The van der Waals surface area contributed by atoms with Crippen molar-refractivity contribution in [3.05, 3.63) is 37.1 Å². The van der Waals surface area contributed by atoms with Gasteiger partial charge in [0, 0.05) is 36.1 Å². The Bertz CT molecular complexity index is 716. The van der Waals surface area contributed by atoms with Crippen LogP contribution in [0.25, 0.3) is 22.3 Å². The van der Waals surface area contributed by atoms with E-state index >= 15 is 0 Å². The Kier molecular flexibility index (Phi) is 2.54. The molecule has 5 nitrogen and oxygen atoms in total. The number of hydrogen-bond donors (Lipinski definition) is 1. The van der Waals surface area contributed by atoms with Crippen molar-refractivity contribution in [2.45, 2.75) is 13.0 Å². The molecular formula is C13H11N5. The summed E-state index contributed by atoms with van der Waals surface area (Å²) in [7, 11) is 0. The van der Waals surface area contributed by atoms with Crippen LogP contribution in [0.5, 0.6) is 0 Å². The predicted molar refractivity (Wildman–Crippen MR) is 67.5 cm³/mol. The molecule has 0 amide bonds. The van der Waals surface area contributed by atoms with Crippen molar-refractivity contribution in [3.8, 4) is 17.3 Å². The average Bonchev–Trinajstić information content (AvgIpc) is 3.04. The van der Waals surface area contributed by atoms with E-state index in [4.69, 9.17) is 5.26 Å². The lowest BCUT2D eigenvalue weighted by Crippen LogP contribution is -1.92. The molecule has 0 saturated carbocycles. The van der Waals surface area contributed by atoms with Crippen molar-refractivity contribution in [2.75, 3.05) is 0 Å². The zero-order chi connectivity index (χ0) is 12.4. The number of aromatic amines is 1. The number of fused-ring (bicyclic) bond motifs is 1. The lowest BCUT2D eigenvalue weighted by molar-refractivity contribution is 0.721. The van der Waals surface area contributed by atoms with Crippen molar-refractivity contribution < 1.29 is 0 Å². The van der Waals surface area contributed by atoms with E-state index in [0.29, 0.717) is 13.0 Å². The number of nitrogens with one attached hydrogen (secondary N) is 1. The second-order valence-electron chi connectivity index (χ2n) is 4.01. The molecule has 0 unspecified atom stereocenters. The topological polar surface area (TPSA) is 70.3 Å². The van der Waals surface area contributed by atoms with Gasteiger partial charge in [-0.3, -0.25) is 0 Å². The highest BCUT2D eigenvalue weighted by Crippen LogP contribution is 2.24. The van der Waals surface area contributed by atoms with Gasteiger partial charge in [0.1, 0.15) is 12.0 Å². The maximum absolute atomic E-state index is 8.58. The van der Waals surface area contributed by atoms with E-state index in [9.17, 15) is 0 Å². The van der Waals surface area contributed by atoms with Gasteiger partial charge >= 0.3 is 0 Å².